The van der Waals surface area contributed by atoms with Crippen molar-refractivity contribution in [3.05, 3.63) is 47.5 Å². The predicted molar refractivity (Wildman–Crippen MR) is 71.7 cm³/mol. The van der Waals surface area contributed by atoms with Gasteiger partial charge in [0.15, 0.2) is 5.78 Å². The Morgan fingerprint density at radius 3 is 2.74 bits per heavy atom. The van der Waals surface area contributed by atoms with Gasteiger partial charge in [-0.15, -0.1) is 0 Å². The standard InChI is InChI=1S/C14H16FN3O/c1-10(19)12-4-5-14(13(15)6-12)17(2)8-11-7-16-18(3)9-11/h4-7,9H,8H2,1-3H3. The van der Waals surface area contributed by atoms with E-state index in [-0.39, 0.29) is 11.6 Å². The Balaban J connectivity index is 2.19. The van der Waals surface area contributed by atoms with E-state index >= 15 is 0 Å². The summed E-state index contributed by atoms with van der Waals surface area (Å²) >= 11 is 0. The monoisotopic (exact) mass is 261 g/mol. The SMILES string of the molecule is CC(=O)c1ccc(N(C)Cc2cnn(C)c2)c(F)c1. The minimum absolute atomic E-state index is 0.139. The number of ketones is 1. The number of nitrogens with zero attached hydrogens (tertiary/aromatic N) is 3. The summed E-state index contributed by atoms with van der Waals surface area (Å²) in [5.74, 6) is -0.528. The van der Waals surface area contributed by atoms with E-state index in [2.05, 4.69) is 5.10 Å². The molecule has 0 saturated heterocycles. The van der Waals surface area contributed by atoms with E-state index in [0.717, 1.165) is 5.56 Å². The van der Waals surface area contributed by atoms with Crippen molar-refractivity contribution in [1.82, 2.24) is 9.78 Å². The first-order valence-electron chi connectivity index (χ1n) is 5.96. The van der Waals surface area contributed by atoms with Crippen LogP contribution in [0.2, 0.25) is 0 Å². The zero-order valence-corrected chi connectivity index (χ0v) is 11.2. The van der Waals surface area contributed by atoms with Crippen molar-refractivity contribution < 1.29 is 9.18 Å². The minimum atomic E-state index is -0.390. The van der Waals surface area contributed by atoms with Gasteiger partial charge < -0.3 is 4.90 Å². The predicted octanol–water partition coefficient (Wildman–Crippen LogP) is 2.40. The fraction of sp³-hybridized carbons (Fsp3) is 0.286. The largest absolute Gasteiger partial charge is 0.368 e. The zero-order valence-electron chi connectivity index (χ0n) is 11.2. The lowest BCUT2D eigenvalue weighted by Gasteiger charge is -2.19. The average molecular weight is 261 g/mol. The van der Waals surface area contributed by atoms with Crippen molar-refractivity contribution in [3.8, 4) is 0 Å². The Labute approximate surface area is 111 Å². The number of anilines is 1. The quantitative estimate of drug-likeness (QED) is 0.793. The Morgan fingerprint density at radius 1 is 1.47 bits per heavy atom. The number of hydrogen-bond acceptors (Lipinski definition) is 3. The summed E-state index contributed by atoms with van der Waals surface area (Å²) < 4.78 is 15.7. The molecule has 0 atom stereocenters. The topological polar surface area (TPSA) is 38.1 Å². The first-order chi connectivity index (χ1) is 8.97. The molecule has 1 heterocycles. The van der Waals surface area contributed by atoms with Crippen LogP contribution >= 0.6 is 0 Å². The van der Waals surface area contributed by atoms with Gasteiger partial charge in [0.2, 0.25) is 0 Å². The smallest absolute Gasteiger partial charge is 0.159 e. The maximum atomic E-state index is 14.0. The van der Waals surface area contributed by atoms with Crippen molar-refractivity contribution in [2.45, 2.75) is 13.5 Å². The maximum Gasteiger partial charge on any atom is 0.159 e. The molecule has 0 N–H and O–H groups in total. The van der Waals surface area contributed by atoms with Gasteiger partial charge in [-0.05, 0) is 25.1 Å². The van der Waals surface area contributed by atoms with Crippen LogP contribution in [-0.2, 0) is 13.6 Å². The Hall–Kier alpha value is -2.17. The molecule has 0 spiro atoms. The molecule has 100 valence electrons. The molecule has 5 heteroatoms. The van der Waals surface area contributed by atoms with Crippen LogP contribution in [-0.4, -0.2) is 22.6 Å². The van der Waals surface area contributed by atoms with Gasteiger partial charge in [-0.3, -0.25) is 9.48 Å². The van der Waals surface area contributed by atoms with Gasteiger partial charge >= 0.3 is 0 Å². The Bertz CT molecular complexity index is 606. The summed E-state index contributed by atoms with van der Waals surface area (Å²) in [5, 5.41) is 4.07. The lowest BCUT2D eigenvalue weighted by atomic mass is 10.1. The molecule has 19 heavy (non-hydrogen) atoms. The number of aryl methyl sites for hydroxylation is 1. The highest BCUT2D eigenvalue weighted by Gasteiger charge is 2.11. The normalized spacial score (nSPS) is 10.5. The lowest BCUT2D eigenvalue weighted by molar-refractivity contribution is 0.101. The van der Waals surface area contributed by atoms with Gasteiger partial charge in [-0.1, -0.05) is 0 Å². The molecular weight excluding hydrogens is 245 g/mol. The molecule has 1 aromatic heterocycles. The van der Waals surface area contributed by atoms with Crippen LogP contribution in [0, 0.1) is 5.82 Å². The van der Waals surface area contributed by atoms with Crippen molar-refractivity contribution in [2.24, 2.45) is 7.05 Å². The fourth-order valence-corrected chi connectivity index (χ4v) is 1.95. The van der Waals surface area contributed by atoms with Crippen molar-refractivity contribution in [1.29, 1.82) is 0 Å². The highest BCUT2D eigenvalue weighted by Crippen LogP contribution is 2.21. The third-order valence-corrected chi connectivity index (χ3v) is 2.94. The van der Waals surface area contributed by atoms with Gasteiger partial charge in [-0.25, -0.2) is 4.39 Å². The number of halogens is 1. The minimum Gasteiger partial charge on any atom is -0.368 e. The maximum absolute atomic E-state index is 14.0. The molecule has 4 nitrogen and oxygen atoms in total. The molecule has 0 amide bonds. The van der Waals surface area contributed by atoms with Crippen molar-refractivity contribution >= 4 is 11.5 Å². The van der Waals surface area contributed by atoms with E-state index in [1.807, 2.05) is 13.2 Å². The van der Waals surface area contributed by atoms with E-state index in [1.54, 1.807) is 35.0 Å². The van der Waals surface area contributed by atoms with Gasteiger partial charge in [0.1, 0.15) is 5.82 Å². The zero-order chi connectivity index (χ0) is 14.0. The molecule has 0 fully saturated rings. The fourth-order valence-electron chi connectivity index (χ4n) is 1.95. The molecule has 0 saturated carbocycles. The highest BCUT2D eigenvalue weighted by atomic mass is 19.1. The molecule has 0 bridgehead atoms. The van der Waals surface area contributed by atoms with E-state index in [1.165, 1.54) is 13.0 Å². The first-order valence-corrected chi connectivity index (χ1v) is 5.96. The van der Waals surface area contributed by atoms with Gasteiger partial charge in [0.05, 0.1) is 11.9 Å². The number of hydrogen-bond donors (Lipinski definition) is 0. The molecule has 0 radical (unpaired) electrons. The number of carbonyl (C=O) groups excluding carboxylic acids is 1. The average Bonchev–Trinajstić information content (AvgIpc) is 2.74. The summed E-state index contributed by atoms with van der Waals surface area (Å²) in [7, 11) is 3.64. The van der Waals surface area contributed by atoms with Crippen LogP contribution in [0.5, 0.6) is 0 Å². The van der Waals surface area contributed by atoms with Crippen LogP contribution in [0.15, 0.2) is 30.6 Å². The second kappa shape index (κ2) is 5.22. The molecule has 0 aliphatic heterocycles. The van der Waals surface area contributed by atoms with Crippen LogP contribution < -0.4 is 4.90 Å². The van der Waals surface area contributed by atoms with E-state index in [4.69, 9.17) is 0 Å². The highest BCUT2D eigenvalue weighted by molar-refractivity contribution is 5.94. The van der Waals surface area contributed by atoms with Crippen LogP contribution in [0.1, 0.15) is 22.8 Å². The van der Waals surface area contributed by atoms with Gasteiger partial charge in [0.25, 0.3) is 0 Å². The summed E-state index contributed by atoms with van der Waals surface area (Å²) in [4.78, 5) is 13.0. The summed E-state index contributed by atoms with van der Waals surface area (Å²) in [5.41, 5.74) is 1.85. The summed E-state index contributed by atoms with van der Waals surface area (Å²) in [6.07, 6.45) is 3.64. The molecule has 0 aliphatic rings. The van der Waals surface area contributed by atoms with Crippen LogP contribution in [0.4, 0.5) is 10.1 Å². The van der Waals surface area contributed by atoms with Crippen molar-refractivity contribution in [3.63, 3.8) is 0 Å². The third-order valence-electron chi connectivity index (χ3n) is 2.94. The van der Waals surface area contributed by atoms with Crippen LogP contribution in [0.3, 0.4) is 0 Å². The molecular formula is C14H16FN3O. The number of Topliss-reactive ketones (excluding diaryl/α,β-unsaturated/α-hetero) is 1. The summed E-state index contributed by atoms with van der Waals surface area (Å²) in [6, 6.07) is 4.54. The van der Waals surface area contributed by atoms with Crippen molar-refractivity contribution in [2.75, 3.05) is 11.9 Å². The third kappa shape index (κ3) is 2.99. The molecule has 2 rings (SSSR count). The summed E-state index contributed by atoms with van der Waals surface area (Å²) in [6.45, 7) is 1.98. The second-order valence-corrected chi connectivity index (χ2v) is 4.60. The lowest BCUT2D eigenvalue weighted by Crippen LogP contribution is -2.17. The Morgan fingerprint density at radius 2 is 2.21 bits per heavy atom. The van der Waals surface area contributed by atoms with E-state index in [0.29, 0.717) is 17.8 Å². The molecule has 0 unspecified atom stereocenters. The van der Waals surface area contributed by atoms with Gasteiger partial charge in [0, 0.05) is 38.0 Å². The molecule has 1 aromatic carbocycles. The number of rotatable bonds is 4. The molecule has 2 aromatic rings. The number of carbonyl (C=O) groups is 1. The van der Waals surface area contributed by atoms with E-state index < -0.39 is 0 Å². The second-order valence-electron chi connectivity index (χ2n) is 4.60. The van der Waals surface area contributed by atoms with Gasteiger partial charge in [-0.2, -0.15) is 5.10 Å². The van der Waals surface area contributed by atoms with E-state index in [9.17, 15) is 9.18 Å². The molecule has 0 aliphatic carbocycles. The van der Waals surface area contributed by atoms with Crippen LogP contribution in [0.25, 0.3) is 0 Å². The Kier molecular flexibility index (Phi) is 3.64. The number of benzene rings is 1. The number of aromatic nitrogens is 2. The first kappa shape index (κ1) is 13.3.